The largest absolute Gasteiger partial charge is 0.433 e. The summed E-state index contributed by atoms with van der Waals surface area (Å²) >= 11 is 0.849. The van der Waals surface area contributed by atoms with E-state index in [2.05, 4.69) is 10.3 Å². The van der Waals surface area contributed by atoms with E-state index in [1.165, 1.54) is 12.1 Å². The highest BCUT2D eigenvalue weighted by Gasteiger charge is 2.33. The number of hydrogen-bond donors (Lipinski definition) is 1. The average molecular weight is 376 g/mol. The van der Waals surface area contributed by atoms with Crippen LogP contribution in [0.15, 0.2) is 23.6 Å². The summed E-state index contributed by atoms with van der Waals surface area (Å²) in [5, 5.41) is 4.05. The van der Waals surface area contributed by atoms with Crippen molar-refractivity contribution in [3.63, 3.8) is 0 Å². The van der Waals surface area contributed by atoms with Crippen molar-refractivity contribution in [3.8, 4) is 0 Å². The van der Waals surface area contributed by atoms with Crippen LogP contribution < -0.4 is 5.32 Å². The molecule has 3 rings (SSSR count). The molecule has 5 nitrogen and oxygen atoms in total. The number of halogens is 3. The van der Waals surface area contributed by atoms with Gasteiger partial charge in [0.1, 0.15) is 10.5 Å². The number of aromatic nitrogens is 1. The van der Waals surface area contributed by atoms with Gasteiger partial charge in [-0.15, -0.1) is 11.3 Å². The molecule has 2 aromatic heterocycles. The Morgan fingerprint density at radius 2 is 2.08 bits per heavy atom. The first-order valence-corrected chi connectivity index (χ1v) is 9.29. The summed E-state index contributed by atoms with van der Waals surface area (Å²) in [6.45, 7) is 1.61. The number of alkyl halides is 3. The molecule has 24 heavy (non-hydrogen) atoms. The highest BCUT2D eigenvalue weighted by Crippen LogP contribution is 2.34. The third-order valence-corrected chi connectivity index (χ3v) is 6.14. The minimum Gasteiger partial charge on any atom is -0.344 e. The number of fused-ring (bicyclic) bond motifs is 1. The van der Waals surface area contributed by atoms with Crippen molar-refractivity contribution in [2.45, 2.75) is 19.1 Å². The van der Waals surface area contributed by atoms with E-state index >= 15 is 0 Å². The number of carbonyl (C=O) groups is 1. The zero-order valence-corrected chi connectivity index (χ0v) is 13.8. The zero-order valence-electron chi connectivity index (χ0n) is 12.2. The quantitative estimate of drug-likeness (QED) is 0.874. The second-order valence-corrected chi connectivity index (χ2v) is 8.27. The lowest BCUT2D eigenvalue weighted by Gasteiger charge is -2.09. The molecule has 0 aliphatic carbocycles. The van der Waals surface area contributed by atoms with Gasteiger partial charge in [-0.2, -0.15) is 13.2 Å². The smallest absolute Gasteiger partial charge is 0.344 e. The van der Waals surface area contributed by atoms with Gasteiger partial charge in [-0.3, -0.25) is 4.79 Å². The predicted octanol–water partition coefficient (Wildman–Crippen LogP) is 2.66. The lowest BCUT2D eigenvalue weighted by atomic mass is 10.1. The standard InChI is InChI=1S/C14H11F3N2O3S2/c1-7-9-2-3-10(14(15,16)17)19-13(9)23-11(7)12(20)18-8-4-5-24(21,22)6-8/h2-5,8H,6H2,1H3,(H,18,20). The number of hydrogen-bond acceptors (Lipinski definition) is 5. The third-order valence-electron chi connectivity index (χ3n) is 3.55. The summed E-state index contributed by atoms with van der Waals surface area (Å²) in [5.41, 5.74) is -0.508. The maximum Gasteiger partial charge on any atom is 0.433 e. The molecular formula is C14H11F3N2O3S2. The molecule has 10 heteroatoms. The van der Waals surface area contributed by atoms with Gasteiger partial charge in [0, 0.05) is 10.8 Å². The fourth-order valence-corrected chi connectivity index (χ4v) is 4.69. The molecule has 0 radical (unpaired) electrons. The molecule has 0 bridgehead atoms. The van der Waals surface area contributed by atoms with Gasteiger partial charge in [-0.1, -0.05) is 0 Å². The van der Waals surface area contributed by atoms with Crippen LogP contribution in [-0.4, -0.2) is 31.1 Å². The summed E-state index contributed by atoms with van der Waals surface area (Å²) in [4.78, 5) is 16.2. The maximum atomic E-state index is 12.7. The summed E-state index contributed by atoms with van der Waals surface area (Å²) in [7, 11) is -3.31. The maximum absolute atomic E-state index is 12.7. The number of nitrogens with one attached hydrogen (secondary N) is 1. The van der Waals surface area contributed by atoms with Crippen molar-refractivity contribution in [3.05, 3.63) is 39.8 Å². The van der Waals surface area contributed by atoms with Crippen LogP contribution in [0.3, 0.4) is 0 Å². The van der Waals surface area contributed by atoms with E-state index in [9.17, 15) is 26.4 Å². The van der Waals surface area contributed by atoms with Crippen molar-refractivity contribution in [1.29, 1.82) is 0 Å². The Balaban J connectivity index is 1.91. The summed E-state index contributed by atoms with van der Waals surface area (Å²) < 4.78 is 60.9. The number of pyridine rings is 1. The third kappa shape index (κ3) is 3.16. The molecule has 0 saturated carbocycles. The first-order valence-electron chi connectivity index (χ1n) is 6.76. The molecule has 1 aliphatic rings. The highest BCUT2D eigenvalue weighted by atomic mass is 32.2. The van der Waals surface area contributed by atoms with Crippen molar-refractivity contribution < 1.29 is 26.4 Å². The minimum absolute atomic E-state index is 0.113. The number of sulfone groups is 1. The first kappa shape index (κ1) is 16.9. The molecule has 1 aliphatic heterocycles. The molecule has 0 aromatic carbocycles. The molecule has 1 atom stereocenters. The van der Waals surface area contributed by atoms with Gasteiger partial charge in [0.05, 0.1) is 16.7 Å². The Hall–Kier alpha value is -1.94. The van der Waals surface area contributed by atoms with Crippen LogP contribution in [0.25, 0.3) is 10.2 Å². The van der Waals surface area contributed by atoms with Gasteiger partial charge in [-0.05, 0) is 30.7 Å². The molecule has 128 valence electrons. The molecule has 1 amide bonds. The van der Waals surface area contributed by atoms with E-state index in [1.54, 1.807) is 6.92 Å². The topological polar surface area (TPSA) is 76.1 Å². The second-order valence-electron chi connectivity index (χ2n) is 5.34. The van der Waals surface area contributed by atoms with Gasteiger partial charge in [0.2, 0.25) is 0 Å². The average Bonchev–Trinajstić information content (AvgIpc) is 2.98. The SMILES string of the molecule is Cc1c(C(=O)NC2C=CS(=O)(=O)C2)sc2nc(C(F)(F)F)ccc12. The molecule has 0 spiro atoms. The van der Waals surface area contributed by atoms with E-state index in [0.29, 0.717) is 10.9 Å². The van der Waals surface area contributed by atoms with E-state index in [-0.39, 0.29) is 15.5 Å². The van der Waals surface area contributed by atoms with Gasteiger partial charge in [0.15, 0.2) is 9.84 Å². The van der Waals surface area contributed by atoms with Crippen LogP contribution in [0.1, 0.15) is 20.9 Å². The van der Waals surface area contributed by atoms with Crippen LogP contribution in [0.4, 0.5) is 13.2 Å². The van der Waals surface area contributed by atoms with Crippen molar-refractivity contribution in [2.75, 3.05) is 5.75 Å². The Morgan fingerprint density at radius 3 is 2.67 bits per heavy atom. The molecular weight excluding hydrogens is 365 g/mol. The highest BCUT2D eigenvalue weighted by molar-refractivity contribution is 7.94. The number of carbonyl (C=O) groups excluding carboxylic acids is 1. The van der Waals surface area contributed by atoms with Crippen molar-refractivity contribution in [1.82, 2.24) is 10.3 Å². The van der Waals surface area contributed by atoms with Crippen LogP contribution in [-0.2, 0) is 16.0 Å². The van der Waals surface area contributed by atoms with Gasteiger partial charge < -0.3 is 5.32 Å². The van der Waals surface area contributed by atoms with Crippen molar-refractivity contribution in [2.24, 2.45) is 0 Å². The molecule has 1 N–H and O–H groups in total. The number of aryl methyl sites for hydroxylation is 1. The van der Waals surface area contributed by atoms with E-state index in [4.69, 9.17) is 0 Å². The molecule has 0 saturated heterocycles. The number of amides is 1. The Morgan fingerprint density at radius 1 is 1.38 bits per heavy atom. The number of rotatable bonds is 2. The van der Waals surface area contributed by atoms with Crippen LogP contribution >= 0.6 is 11.3 Å². The second kappa shape index (κ2) is 5.55. The fraction of sp³-hybridized carbons (Fsp3) is 0.286. The van der Waals surface area contributed by atoms with Crippen molar-refractivity contribution >= 4 is 37.3 Å². The summed E-state index contributed by atoms with van der Waals surface area (Å²) in [6.07, 6.45) is -3.19. The monoisotopic (exact) mass is 376 g/mol. The van der Waals surface area contributed by atoms with Crippen LogP contribution in [0.5, 0.6) is 0 Å². The predicted molar refractivity (Wildman–Crippen MR) is 83.5 cm³/mol. The van der Waals surface area contributed by atoms with E-state index in [1.807, 2.05) is 0 Å². The van der Waals surface area contributed by atoms with Gasteiger partial charge in [0.25, 0.3) is 5.91 Å². The van der Waals surface area contributed by atoms with E-state index < -0.39 is 33.7 Å². The normalized spacial score (nSPS) is 19.8. The summed E-state index contributed by atoms with van der Waals surface area (Å²) in [5.74, 6) is -0.755. The molecule has 3 heterocycles. The lowest BCUT2D eigenvalue weighted by Crippen LogP contribution is -2.35. The van der Waals surface area contributed by atoms with Gasteiger partial charge >= 0.3 is 6.18 Å². The minimum atomic E-state index is -4.56. The molecule has 0 fully saturated rings. The molecule has 2 aromatic rings. The number of nitrogens with zero attached hydrogens (tertiary/aromatic N) is 1. The Bertz CT molecular complexity index is 962. The van der Waals surface area contributed by atoms with Gasteiger partial charge in [-0.25, -0.2) is 13.4 Å². The summed E-state index contributed by atoms with van der Waals surface area (Å²) in [6, 6.07) is 1.51. The molecule has 1 unspecified atom stereocenters. The zero-order chi connectivity index (χ0) is 17.7. The Kier molecular flexibility index (Phi) is 3.91. The van der Waals surface area contributed by atoms with Crippen LogP contribution in [0, 0.1) is 6.92 Å². The van der Waals surface area contributed by atoms with Crippen LogP contribution in [0.2, 0.25) is 0 Å². The number of thiophene rings is 1. The fourth-order valence-electron chi connectivity index (χ4n) is 2.37. The van der Waals surface area contributed by atoms with E-state index in [0.717, 1.165) is 22.8 Å². The first-order chi connectivity index (χ1) is 11.1. The Labute approximate surface area is 139 Å². The lowest BCUT2D eigenvalue weighted by molar-refractivity contribution is -0.140.